The maximum Gasteiger partial charge on any atom is 0.418 e. The van der Waals surface area contributed by atoms with Crippen LogP contribution in [0.4, 0.5) is 37.2 Å². The van der Waals surface area contributed by atoms with E-state index >= 15 is 0 Å². The number of piperidine rings is 1. The van der Waals surface area contributed by atoms with E-state index in [1.807, 2.05) is 0 Å². The molecule has 3 unspecified atom stereocenters. The molecule has 1 amide bonds. The van der Waals surface area contributed by atoms with Gasteiger partial charge in [0.1, 0.15) is 17.1 Å². The van der Waals surface area contributed by atoms with Gasteiger partial charge < -0.3 is 19.2 Å². The van der Waals surface area contributed by atoms with E-state index in [4.69, 9.17) is 4.42 Å². The first-order valence-corrected chi connectivity index (χ1v) is 11.1. The van der Waals surface area contributed by atoms with Crippen LogP contribution in [0.2, 0.25) is 0 Å². The van der Waals surface area contributed by atoms with Crippen LogP contribution in [0.5, 0.6) is 0 Å². The van der Waals surface area contributed by atoms with E-state index in [0.717, 1.165) is 6.07 Å². The van der Waals surface area contributed by atoms with E-state index in [0.29, 0.717) is 17.0 Å². The standard InChI is InChI=1S/C20H16F6N4O4S/c21-19(22,23)8-33-15(20(24,25)26)11-1-2-12(16-27-3-4-35-16)14-13(11)28-17(34-14)29-6-9-5-10(7-29)30(9)18(31)32/h1-4,9-10,15H,5-8H2,(H,31,32). The van der Waals surface area contributed by atoms with Gasteiger partial charge in [-0.1, -0.05) is 6.07 Å². The van der Waals surface area contributed by atoms with Gasteiger partial charge in [0.15, 0.2) is 11.7 Å². The molecule has 15 heteroatoms. The number of piperazine rings is 1. The normalized spacial score (nSPS) is 21.3. The zero-order valence-electron chi connectivity index (χ0n) is 17.5. The number of benzene rings is 1. The molecule has 6 rings (SSSR count). The molecule has 3 atom stereocenters. The highest BCUT2D eigenvalue weighted by Crippen LogP contribution is 2.44. The van der Waals surface area contributed by atoms with Gasteiger partial charge in [-0.3, -0.25) is 4.90 Å². The van der Waals surface area contributed by atoms with Crippen LogP contribution < -0.4 is 4.90 Å². The Morgan fingerprint density at radius 2 is 1.94 bits per heavy atom. The van der Waals surface area contributed by atoms with Crippen molar-refractivity contribution in [1.29, 1.82) is 0 Å². The molecule has 0 radical (unpaired) electrons. The van der Waals surface area contributed by atoms with Gasteiger partial charge in [-0.05, 0) is 12.5 Å². The van der Waals surface area contributed by atoms with Crippen LogP contribution in [0.25, 0.3) is 21.7 Å². The van der Waals surface area contributed by atoms with E-state index in [-0.39, 0.29) is 42.3 Å². The minimum atomic E-state index is -5.16. The molecule has 0 aliphatic carbocycles. The summed E-state index contributed by atoms with van der Waals surface area (Å²) in [6.07, 6.45) is -12.0. The number of nitrogens with zero attached hydrogens (tertiary/aromatic N) is 4. The van der Waals surface area contributed by atoms with Crippen LogP contribution in [0.1, 0.15) is 18.1 Å². The number of anilines is 1. The summed E-state index contributed by atoms with van der Waals surface area (Å²) in [7, 11) is 0. The van der Waals surface area contributed by atoms with Crippen LogP contribution in [0.3, 0.4) is 0 Å². The number of rotatable bonds is 5. The Balaban J connectivity index is 1.57. The first kappa shape index (κ1) is 23.7. The third kappa shape index (κ3) is 4.37. The summed E-state index contributed by atoms with van der Waals surface area (Å²) in [5.41, 5.74) is -0.678. The third-order valence-corrected chi connectivity index (χ3v) is 6.71. The second-order valence-electron chi connectivity index (χ2n) is 8.20. The molecular formula is C20H16F6N4O4S. The summed E-state index contributed by atoms with van der Waals surface area (Å²) in [5.74, 6) is 0. The number of aromatic nitrogens is 2. The topological polar surface area (TPSA) is 91.9 Å². The number of alkyl halides is 6. The summed E-state index contributed by atoms with van der Waals surface area (Å²) < 4.78 is 89.5. The third-order valence-electron chi connectivity index (χ3n) is 5.90. The molecule has 0 saturated carbocycles. The van der Waals surface area contributed by atoms with E-state index < -0.39 is 36.7 Å². The second-order valence-corrected chi connectivity index (χ2v) is 9.09. The molecule has 1 aromatic carbocycles. The van der Waals surface area contributed by atoms with Gasteiger partial charge in [-0.25, -0.2) is 9.78 Å². The van der Waals surface area contributed by atoms with Gasteiger partial charge in [-0.15, -0.1) is 11.3 Å². The predicted octanol–water partition coefficient (Wildman–Crippen LogP) is 5.07. The number of thiazole rings is 1. The Labute approximate surface area is 196 Å². The lowest BCUT2D eigenvalue weighted by Gasteiger charge is -2.54. The summed E-state index contributed by atoms with van der Waals surface area (Å²) >= 11 is 1.19. The molecule has 8 nitrogen and oxygen atoms in total. The van der Waals surface area contributed by atoms with Crippen molar-refractivity contribution >= 4 is 34.5 Å². The molecule has 2 bridgehead atoms. The van der Waals surface area contributed by atoms with Gasteiger partial charge in [-0.2, -0.15) is 31.3 Å². The molecule has 3 fully saturated rings. The number of hydrogen-bond acceptors (Lipinski definition) is 7. The van der Waals surface area contributed by atoms with Gasteiger partial charge in [0.25, 0.3) is 6.01 Å². The largest absolute Gasteiger partial charge is 0.465 e. The number of carbonyl (C=O) groups is 1. The minimum Gasteiger partial charge on any atom is -0.465 e. The van der Waals surface area contributed by atoms with Crippen molar-refractivity contribution in [3.05, 3.63) is 29.3 Å². The number of hydrogen-bond donors (Lipinski definition) is 1. The van der Waals surface area contributed by atoms with Gasteiger partial charge in [0.2, 0.25) is 0 Å². The zero-order valence-corrected chi connectivity index (χ0v) is 18.3. The number of ether oxygens (including phenoxy) is 1. The van der Waals surface area contributed by atoms with Crippen LogP contribution in [-0.2, 0) is 4.74 Å². The highest BCUT2D eigenvalue weighted by molar-refractivity contribution is 7.13. The van der Waals surface area contributed by atoms with Crippen LogP contribution in [0, 0.1) is 0 Å². The fourth-order valence-corrected chi connectivity index (χ4v) is 5.16. The van der Waals surface area contributed by atoms with Crippen molar-refractivity contribution in [2.45, 2.75) is 37.0 Å². The highest BCUT2D eigenvalue weighted by Gasteiger charge is 2.49. The summed E-state index contributed by atoms with van der Waals surface area (Å²) in [6, 6.07) is 1.59. The first-order chi connectivity index (χ1) is 16.4. The Morgan fingerprint density at radius 1 is 1.23 bits per heavy atom. The van der Waals surface area contributed by atoms with E-state index in [9.17, 15) is 36.2 Å². The van der Waals surface area contributed by atoms with E-state index in [1.165, 1.54) is 28.5 Å². The molecular weight excluding hydrogens is 506 g/mol. The average molecular weight is 522 g/mol. The number of fused-ring (bicyclic) bond motifs is 3. The molecule has 3 saturated heterocycles. The van der Waals surface area contributed by atoms with Gasteiger partial charge in [0.05, 0.1) is 17.6 Å². The second kappa shape index (κ2) is 8.26. The van der Waals surface area contributed by atoms with Crippen LogP contribution >= 0.6 is 11.3 Å². The molecule has 3 aliphatic heterocycles. The van der Waals surface area contributed by atoms with Crippen molar-refractivity contribution in [3.8, 4) is 10.6 Å². The molecule has 0 spiro atoms. The molecule has 35 heavy (non-hydrogen) atoms. The smallest absolute Gasteiger partial charge is 0.418 e. The van der Waals surface area contributed by atoms with E-state index in [1.54, 1.807) is 10.3 Å². The maximum atomic E-state index is 13.8. The average Bonchev–Trinajstić information content (AvgIpc) is 3.42. The quantitative estimate of drug-likeness (QED) is 0.468. The predicted molar refractivity (Wildman–Crippen MR) is 110 cm³/mol. The molecule has 3 aliphatic rings. The Bertz CT molecular complexity index is 1230. The first-order valence-electron chi connectivity index (χ1n) is 10.3. The minimum absolute atomic E-state index is 0.0539. The van der Waals surface area contributed by atoms with Crippen molar-refractivity contribution in [2.75, 3.05) is 24.6 Å². The summed E-state index contributed by atoms with van der Waals surface area (Å²) in [6.45, 7) is -1.67. The molecule has 188 valence electrons. The maximum absolute atomic E-state index is 13.8. The summed E-state index contributed by atoms with van der Waals surface area (Å²) in [5, 5.41) is 11.4. The molecule has 1 N–H and O–H groups in total. The van der Waals surface area contributed by atoms with Crippen molar-refractivity contribution < 1.29 is 45.4 Å². The van der Waals surface area contributed by atoms with Gasteiger partial charge in [0, 0.05) is 30.2 Å². The fourth-order valence-electron chi connectivity index (χ4n) is 4.50. The van der Waals surface area contributed by atoms with Crippen LogP contribution in [-0.4, -0.2) is 70.2 Å². The highest BCUT2D eigenvalue weighted by atomic mass is 32.1. The fraction of sp³-hybridized carbons (Fsp3) is 0.450. The summed E-state index contributed by atoms with van der Waals surface area (Å²) in [4.78, 5) is 22.6. The Hall–Kier alpha value is -3.07. The SMILES string of the molecule is O=C(O)N1C2CC1CN(c1nc3c(C(OCC(F)(F)F)C(F)(F)F)ccc(-c4nccs4)c3o1)C2. The van der Waals surface area contributed by atoms with Crippen molar-refractivity contribution in [1.82, 2.24) is 14.9 Å². The van der Waals surface area contributed by atoms with Crippen molar-refractivity contribution in [2.24, 2.45) is 0 Å². The monoisotopic (exact) mass is 522 g/mol. The number of halogens is 6. The van der Waals surface area contributed by atoms with Gasteiger partial charge >= 0.3 is 18.4 Å². The lowest BCUT2D eigenvalue weighted by atomic mass is 9.88. The molecule has 3 aromatic rings. The zero-order chi connectivity index (χ0) is 25.1. The lowest BCUT2D eigenvalue weighted by Crippen LogP contribution is -2.70. The lowest BCUT2D eigenvalue weighted by molar-refractivity contribution is -0.257. The van der Waals surface area contributed by atoms with Crippen LogP contribution in [0.15, 0.2) is 28.1 Å². The number of amides is 1. The van der Waals surface area contributed by atoms with Crippen molar-refractivity contribution in [3.63, 3.8) is 0 Å². The molecule has 5 heterocycles. The Kier molecular flexibility index (Phi) is 5.58. The molecule has 2 aromatic heterocycles. The number of oxazole rings is 1. The number of carboxylic acid groups (broad SMARTS) is 1. The van der Waals surface area contributed by atoms with E-state index in [2.05, 4.69) is 14.7 Å². The Morgan fingerprint density at radius 3 is 2.51 bits per heavy atom.